The summed E-state index contributed by atoms with van der Waals surface area (Å²) in [5.41, 5.74) is 1.49. The van der Waals surface area contributed by atoms with Gasteiger partial charge >= 0.3 is 0 Å². The quantitative estimate of drug-likeness (QED) is 0.557. The molecule has 4 rings (SSSR count). The zero-order valence-electron chi connectivity index (χ0n) is 16.4. The normalized spacial score (nSPS) is 27.9. The Kier molecular flexibility index (Phi) is 5.48. The van der Waals surface area contributed by atoms with Gasteiger partial charge in [0.25, 0.3) is 0 Å². The molecule has 2 unspecified atom stereocenters. The van der Waals surface area contributed by atoms with Crippen molar-refractivity contribution in [1.29, 1.82) is 5.26 Å². The minimum atomic E-state index is -0.379. The molecule has 4 atom stereocenters. The Morgan fingerprint density at radius 2 is 1.85 bits per heavy atom. The van der Waals surface area contributed by atoms with Crippen LogP contribution in [0.5, 0.6) is 0 Å². The van der Waals surface area contributed by atoms with Gasteiger partial charge in [0.2, 0.25) is 0 Å². The van der Waals surface area contributed by atoms with Gasteiger partial charge in [-0.3, -0.25) is 0 Å². The molecule has 1 nitrogen and oxygen atoms in total. The molecule has 0 bridgehead atoms. The fourth-order valence-corrected chi connectivity index (χ4v) is 5.69. The second kappa shape index (κ2) is 8.01. The minimum Gasteiger partial charge on any atom is -0.205 e. The Bertz CT molecular complexity index is 849. The predicted octanol–water partition coefficient (Wildman–Crippen LogP) is 7.34. The highest BCUT2D eigenvalue weighted by Crippen LogP contribution is 2.48. The van der Waals surface area contributed by atoms with Crippen molar-refractivity contribution in [3.8, 4) is 6.07 Å². The Labute approximate surface area is 162 Å². The van der Waals surface area contributed by atoms with Crippen molar-refractivity contribution in [3.63, 3.8) is 0 Å². The van der Waals surface area contributed by atoms with E-state index in [1.165, 1.54) is 63.4 Å². The lowest BCUT2D eigenvalue weighted by Crippen LogP contribution is -2.30. The number of halogens is 1. The van der Waals surface area contributed by atoms with Crippen molar-refractivity contribution < 1.29 is 4.39 Å². The lowest BCUT2D eigenvalue weighted by atomic mass is 9.63. The van der Waals surface area contributed by atoms with Crippen LogP contribution in [0.3, 0.4) is 0 Å². The Morgan fingerprint density at radius 3 is 2.67 bits per heavy atom. The molecule has 2 aliphatic carbocycles. The second-order valence-electron chi connectivity index (χ2n) is 8.87. The smallest absolute Gasteiger partial charge is 0.148 e. The fraction of sp³-hybridized carbons (Fsp3) is 0.560. The maximum Gasteiger partial charge on any atom is 0.148 e. The van der Waals surface area contributed by atoms with Crippen LogP contribution in [0.25, 0.3) is 10.8 Å². The molecule has 2 heteroatoms. The van der Waals surface area contributed by atoms with Gasteiger partial charge in [0.1, 0.15) is 11.9 Å². The van der Waals surface area contributed by atoms with Gasteiger partial charge in [0.15, 0.2) is 0 Å². The molecule has 0 spiro atoms. The van der Waals surface area contributed by atoms with Crippen LogP contribution in [0.2, 0.25) is 0 Å². The number of nitrogens with zero attached hydrogens (tertiary/aromatic N) is 1. The highest BCUT2D eigenvalue weighted by Gasteiger charge is 2.35. The van der Waals surface area contributed by atoms with E-state index in [-0.39, 0.29) is 11.4 Å². The van der Waals surface area contributed by atoms with Gasteiger partial charge in [-0.25, -0.2) is 4.39 Å². The van der Waals surface area contributed by atoms with Crippen LogP contribution in [0, 0.1) is 34.9 Å². The van der Waals surface area contributed by atoms with Gasteiger partial charge in [0.05, 0.1) is 5.56 Å². The van der Waals surface area contributed by atoms with Gasteiger partial charge in [-0.05, 0) is 72.8 Å². The second-order valence-corrected chi connectivity index (χ2v) is 8.87. The first-order valence-electron chi connectivity index (χ1n) is 10.8. The molecule has 142 valence electrons. The molecule has 2 fully saturated rings. The third-order valence-electron chi connectivity index (χ3n) is 7.26. The summed E-state index contributed by atoms with van der Waals surface area (Å²) in [6.07, 6.45) is 12.4. The summed E-state index contributed by atoms with van der Waals surface area (Å²) in [6.45, 7) is 2.30. The molecular formula is C25H30FN. The molecule has 0 aromatic heterocycles. The highest BCUT2D eigenvalue weighted by molar-refractivity contribution is 5.85. The monoisotopic (exact) mass is 363 g/mol. The molecule has 0 heterocycles. The Hall–Kier alpha value is -1.88. The van der Waals surface area contributed by atoms with Gasteiger partial charge in [0, 0.05) is 5.39 Å². The molecule has 0 saturated heterocycles. The van der Waals surface area contributed by atoms with Crippen molar-refractivity contribution in [2.45, 2.75) is 70.6 Å². The summed E-state index contributed by atoms with van der Waals surface area (Å²) in [5.74, 6) is 3.03. The summed E-state index contributed by atoms with van der Waals surface area (Å²) < 4.78 is 14.4. The molecule has 0 aliphatic heterocycles. The van der Waals surface area contributed by atoms with Crippen molar-refractivity contribution in [2.75, 3.05) is 0 Å². The van der Waals surface area contributed by atoms with Crippen LogP contribution in [-0.4, -0.2) is 0 Å². The molecule has 2 aromatic carbocycles. The summed E-state index contributed by atoms with van der Waals surface area (Å²) in [6, 6.07) is 11.6. The number of fused-ring (bicyclic) bond motifs is 2. The van der Waals surface area contributed by atoms with Gasteiger partial charge < -0.3 is 0 Å². The average molecular weight is 364 g/mol. The predicted molar refractivity (Wildman–Crippen MR) is 109 cm³/mol. The summed E-state index contributed by atoms with van der Waals surface area (Å²) in [5, 5.41) is 10.5. The first kappa shape index (κ1) is 18.5. The van der Waals surface area contributed by atoms with Crippen LogP contribution in [0.4, 0.5) is 4.39 Å². The van der Waals surface area contributed by atoms with Crippen molar-refractivity contribution in [3.05, 3.63) is 47.3 Å². The molecule has 2 saturated carbocycles. The van der Waals surface area contributed by atoms with Crippen LogP contribution in [0.1, 0.15) is 81.8 Å². The van der Waals surface area contributed by atoms with E-state index in [9.17, 15) is 4.39 Å². The SMILES string of the molecule is CCCC[C@@H]1CC[C@@H]2CC(c3ccc4c(F)c(C#N)ccc4c3)CCC2C1. The van der Waals surface area contributed by atoms with Crippen LogP contribution in [0.15, 0.2) is 30.3 Å². The van der Waals surface area contributed by atoms with Crippen molar-refractivity contribution >= 4 is 10.8 Å². The number of rotatable bonds is 4. The van der Waals surface area contributed by atoms with Crippen LogP contribution in [-0.2, 0) is 0 Å². The number of hydrogen-bond donors (Lipinski definition) is 0. The first-order chi connectivity index (χ1) is 13.2. The minimum absolute atomic E-state index is 0.135. The first-order valence-corrected chi connectivity index (χ1v) is 10.8. The van der Waals surface area contributed by atoms with Crippen molar-refractivity contribution in [2.24, 2.45) is 17.8 Å². The van der Waals surface area contributed by atoms with E-state index < -0.39 is 0 Å². The lowest BCUT2D eigenvalue weighted by Gasteiger charge is -2.42. The molecule has 0 amide bonds. The van der Waals surface area contributed by atoms with Gasteiger partial charge in [-0.2, -0.15) is 5.26 Å². The molecule has 2 aliphatic rings. The Balaban J connectivity index is 1.47. The average Bonchev–Trinajstić information content (AvgIpc) is 2.71. The zero-order valence-corrected chi connectivity index (χ0v) is 16.4. The van der Waals surface area contributed by atoms with Crippen LogP contribution >= 0.6 is 0 Å². The van der Waals surface area contributed by atoms with E-state index in [4.69, 9.17) is 5.26 Å². The highest BCUT2D eigenvalue weighted by atomic mass is 19.1. The van der Waals surface area contributed by atoms with E-state index in [0.29, 0.717) is 11.3 Å². The van der Waals surface area contributed by atoms with E-state index >= 15 is 0 Å². The number of unbranched alkanes of at least 4 members (excludes halogenated alkanes) is 1. The number of hydrogen-bond acceptors (Lipinski definition) is 1. The van der Waals surface area contributed by atoms with Crippen molar-refractivity contribution in [1.82, 2.24) is 0 Å². The largest absolute Gasteiger partial charge is 0.205 e. The maximum absolute atomic E-state index is 14.4. The third kappa shape index (κ3) is 3.75. The van der Waals surface area contributed by atoms with E-state index in [2.05, 4.69) is 19.1 Å². The standard InChI is InChI=1S/C25H30FN/c1-2-3-4-17-5-6-19-14-20(8-7-18(19)13-17)21-11-12-24-22(15-21)9-10-23(16-27)25(24)26/h9-12,15,17-20H,2-8,13-14H2,1H3/t17-,18?,19-,20?/m1/s1. The molecule has 27 heavy (non-hydrogen) atoms. The summed E-state index contributed by atoms with van der Waals surface area (Å²) in [4.78, 5) is 0. The fourth-order valence-electron chi connectivity index (χ4n) is 5.69. The third-order valence-corrected chi connectivity index (χ3v) is 7.26. The van der Waals surface area contributed by atoms with Gasteiger partial charge in [-0.1, -0.05) is 56.9 Å². The maximum atomic E-state index is 14.4. The van der Waals surface area contributed by atoms with Crippen LogP contribution < -0.4 is 0 Å². The topological polar surface area (TPSA) is 23.8 Å². The molecular weight excluding hydrogens is 333 g/mol. The molecule has 0 radical (unpaired) electrons. The number of benzene rings is 2. The molecule has 2 aromatic rings. The van der Waals surface area contributed by atoms with E-state index in [0.717, 1.165) is 23.1 Å². The molecule has 0 N–H and O–H groups in total. The Morgan fingerprint density at radius 1 is 1.04 bits per heavy atom. The number of nitriles is 1. The zero-order chi connectivity index (χ0) is 18.8. The van der Waals surface area contributed by atoms with Gasteiger partial charge in [-0.15, -0.1) is 0 Å². The lowest BCUT2D eigenvalue weighted by molar-refractivity contribution is 0.113. The van der Waals surface area contributed by atoms with E-state index in [1.807, 2.05) is 18.2 Å². The summed E-state index contributed by atoms with van der Waals surface area (Å²) in [7, 11) is 0. The van der Waals surface area contributed by atoms with E-state index in [1.54, 1.807) is 6.07 Å². The summed E-state index contributed by atoms with van der Waals surface area (Å²) >= 11 is 0.